The first-order valence-corrected chi connectivity index (χ1v) is 6.48. The fourth-order valence-electron chi connectivity index (χ4n) is 1.72. The summed E-state index contributed by atoms with van der Waals surface area (Å²) in [6, 6.07) is 8.72. The maximum absolute atomic E-state index is 11.5. The van der Waals surface area contributed by atoms with E-state index in [2.05, 4.69) is 49.9 Å². The summed E-state index contributed by atoms with van der Waals surface area (Å²) in [6.45, 7) is 9.65. The molecule has 0 atom stereocenters. The second-order valence-corrected chi connectivity index (χ2v) is 4.79. The monoisotopic (exact) mass is 249 g/mol. The van der Waals surface area contributed by atoms with Crippen molar-refractivity contribution in [2.45, 2.75) is 40.3 Å². The normalized spacial score (nSPS) is 11.0. The fourth-order valence-corrected chi connectivity index (χ4v) is 1.72. The van der Waals surface area contributed by atoms with Gasteiger partial charge in [0.1, 0.15) is 0 Å². The quantitative estimate of drug-likeness (QED) is 0.726. The van der Waals surface area contributed by atoms with Crippen molar-refractivity contribution in [1.29, 1.82) is 0 Å². The second kappa shape index (κ2) is 7.17. The Balaban J connectivity index is 2.62. The number of esters is 1. The van der Waals surface area contributed by atoms with Gasteiger partial charge in [0.05, 0.1) is 13.2 Å². The van der Waals surface area contributed by atoms with Crippen molar-refractivity contribution in [2.24, 2.45) is 0 Å². The summed E-state index contributed by atoms with van der Waals surface area (Å²) in [5.74, 6) is -0.154. The number of aryl methyl sites for hydroxylation is 1. The van der Waals surface area contributed by atoms with Crippen LogP contribution in [0.5, 0.6) is 0 Å². The lowest BCUT2D eigenvalue weighted by Crippen LogP contribution is -2.36. The topological polar surface area (TPSA) is 29.5 Å². The summed E-state index contributed by atoms with van der Waals surface area (Å²) in [4.78, 5) is 13.7. The van der Waals surface area contributed by atoms with Gasteiger partial charge in [0.2, 0.25) is 0 Å². The van der Waals surface area contributed by atoms with Crippen LogP contribution < -0.4 is 0 Å². The smallest absolute Gasteiger partial charge is 0.320 e. The van der Waals surface area contributed by atoms with Gasteiger partial charge in [-0.3, -0.25) is 9.69 Å². The average molecular weight is 249 g/mol. The van der Waals surface area contributed by atoms with E-state index in [-0.39, 0.29) is 5.97 Å². The van der Waals surface area contributed by atoms with E-state index in [4.69, 9.17) is 4.74 Å². The third-order valence-corrected chi connectivity index (χ3v) is 2.87. The van der Waals surface area contributed by atoms with Gasteiger partial charge < -0.3 is 4.74 Å². The SMILES string of the molecule is CCOC(=O)CN(Cc1ccc(C)cc1)C(C)C. The average Bonchev–Trinajstić information content (AvgIpc) is 2.31. The van der Waals surface area contributed by atoms with Gasteiger partial charge in [-0.2, -0.15) is 0 Å². The van der Waals surface area contributed by atoms with Gasteiger partial charge in [0.25, 0.3) is 0 Å². The highest BCUT2D eigenvalue weighted by molar-refractivity contribution is 5.71. The molecule has 0 N–H and O–H groups in total. The van der Waals surface area contributed by atoms with Gasteiger partial charge in [-0.1, -0.05) is 29.8 Å². The molecule has 100 valence electrons. The first-order chi connectivity index (χ1) is 8.52. The molecule has 18 heavy (non-hydrogen) atoms. The van der Waals surface area contributed by atoms with E-state index < -0.39 is 0 Å². The number of ether oxygens (including phenoxy) is 1. The minimum Gasteiger partial charge on any atom is -0.465 e. The van der Waals surface area contributed by atoms with Gasteiger partial charge in [-0.25, -0.2) is 0 Å². The molecule has 0 bridgehead atoms. The first kappa shape index (κ1) is 14.7. The third-order valence-electron chi connectivity index (χ3n) is 2.87. The van der Waals surface area contributed by atoms with Crippen molar-refractivity contribution in [2.75, 3.05) is 13.2 Å². The van der Waals surface area contributed by atoms with Crippen LogP contribution in [0.25, 0.3) is 0 Å². The molecule has 0 amide bonds. The Hall–Kier alpha value is -1.35. The van der Waals surface area contributed by atoms with Gasteiger partial charge in [-0.15, -0.1) is 0 Å². The van der Waals surface area contributed by atoms with Crippen LogP contribution in [0.3, 0.4) is 0 Å². The van der Waals surface area contributed by atoms with E-state index in [9.17, 15) is 4.79 Å². The highest BCUT2D eigenvalue weighted by atomic mass is 16.5. The number of benzene rings is 1. The molecule has 0 fully saturated rings. The van der Waals surface area contributed by atoms with Crippen LogP contribution in [-0.4, -0.2) is 30.1 Å². The van der Waals surface area contributed by atoms with Crippen molar-refractivity contribution in [3.05, 3.63) is 35.4 Å². The first-order valence-electron chi connectivity index (χ1n) is 6.48. The molecule has 0 saturated carbocycles. The zero-order chi connectivity index (χ0) is 13.5. The predicted molar refractivity (Wildman–Crippen MR) is 73.4 cm³/mol. The Bertz CT molecular complexity index is 371. The second-order valence-electron chi connectivity index (χ2n) is 4.79. The molecule has 0 aliphatic heterocycles. The summed E-state index contributed by atoms with van der Waals surface area (Å²) in [7, 11) is 0. The van der Waals surface area contributed by atoms with E-state index in [1.807, 2.05) is 6.92 Å². The van der Waals surface area contributed by atoms with Crippen molar-refractivity contribution in [3.8, 4) is 0 Å². The molecule has 0 spiro atoms. The molecule has 0 radical (unpaired) electrons. The molecule has 0 aromatic heterocycles. The third kappa shape index (κ3) is 4.88. The van der Waals surface area contributed by atoms with Crippen LogP contribution in [-0.2, 0) is 16.1 Å². The molecule has 1 rings (SSSR count). The van der Waals surface area contributed by atoms with Crippen molar-refractivity contribution >= 4 is 5.97 Å². The Kier molecular flexibility index (Phi) is 5.86. The number of rotatable bonds is 6. The number of carbonyl (C=O) groups is 1. The van der Waals surface area contributed by atoms with E-state index >= 15 is 0 Å². The number of carbonyl (C=O) groups excluding carboxylic acids is 1. The summed E-state index contributed by atoms with van der Waals surface area (Å²) >= 11 is 0. The highest BCUT2D eigenvalue weighted by Crippen LogP contribution is 2.09. The van der Waals surface area contributed by atoms with Crippen LogP contribution in [0.4, 0.5) is 0 Å². The summed E-state index contributed by atoms with van der Waals surface area (Å²) in [6.07, 6.45) is 0. The molecule has 0 saturated heterocycles. The zero-order valence-corrected chi connectivity index (χ0v) is 11.8. The van der Waals surface area contributed by atoms with Crippen molar-refractivity contribution < 1.29 is 9.53 Å². The largest absolute Gasteiger partial charge is 0.465 e. The molecule has 1 aromatic rings. The van der Waals surface area contributed by atoms with Crippen LogP contribution in [0.15, 0.2) is 24.3 Å². The molecule has 0 unspecified atom stereocenters. The van der Waals surface area contributed by atoms with Crippen LogP contribution in [0.2, 0.25) is 0 Å². The molecule has 3 heteroatoms. The molecule has 0 aliphatic rings. The molecule has 0 heterocycles. The zero-order valence-electron chi connectivity index (χ0n) is 11.8. The van der Waals surface area contributed by atoms with Crippen LogP contribution in [0.1, 0.15) is 31.9 Å². The summed E-state index contributed by atoms with van der Waals surface area (Å²) in [5, 5.41) is 0. The van der Waals surface area contributed by atoms with E-state index in [1.165, 1.54) is 11.1 Å². The number of hydrogen-bond donors (Lipinski definition) is 0. The Morgan fingerprint density at radius 2 is 1.89 bits per heavy atom. The number of hydrogen-bond acceptors (Lipinski definition) is 3. The van der Waals surface area contributed by atoms with E-state index in [0.29, 0.717) is 19.2 Å². The van der Waals surface area contributed by atoms with Crippen molar-refractivity contribution in [1.82, 2.24) is 4.90 Å². The minimum atomic E-state index is -0.154. The van der Waals surface area contributed by atoms with Gasteiger partial charge in [0, 0.05) is 12.6 Å². The standard InChI is InChI=1S/C15H23NO2/c1-5-18-15(17)11-16(12(2)3)10-14-8-6-13(4)7-9-14/h6-9,12H,5,10-11H2,1-4H3. The van der Waals surface area contributed by atoms with Gasteiger partial charge in [0.15, 0.2) is 0 Å². The van der Waals surface area contributed by atoms with E-state index in [1.54, 1.807) is 0 Å². The highest BCUT2D eigenvalue weighted by Gasteiger charge is 2.15. The van der Waals surface area contributed by atoms with E-state index in [0.717, 1.165) is 6.54 Å². The minimum absolute atomic E-state index is 0.154. The van der Waals surface area contributed by atoms with Gasteiger partial charge in [-0.05, 0) is 33.3 Å². The fraction of sp³-hybridized carbons (Fsp3) is 0.533. The maximum Gasteiger partial charge on any atom is 0.320 e. The molecule has 1 aromatic carbocycles. The Morgan fingerprint density at radius 3 is 2.39 bits per heavy atom. The van der Waals surface area contributed by atoms with Crippen LogP contribution >= 0.6 is 0 Å². The lowest BCUT2D eigenvalue weighted by Gasteiger charge is -2.25. The molecule has 3 nitrogen and oxygen atoms in total. The van der Waals surface area contributed by atoms with Crippen LogP contribution in [0, 0.1) is 6.92 Å². The number of nitrogens with zero attached hydrogens (tertiary/aromatic N) is 1. The molecular formula is C15H23NO2. The maximum atomic E-state index is 11.5. The van der Waals surface area contributed by atoms with Gasteiger partial charge >= 0.3 is 5.97 Å². The predicted octanol–water partition coefficient (Wildman–Crippen LogP) is 2.77. The molecule has 0 aliphatic carbocycles. The summed E-state index contributed by atoms with van der Waals surface area (Å²) < 4.78 is 5.00. The molecular weight excluding hydrogens is 226 g/mol. The lowest BCUT2D eigenvalue weighted by molar-refractivity contribution is -0.145. The van der Waals surface area contributed by atoms with Crippen molar-refractivity contribution in [3.63, 3.8) is 0 Å². The summed E-state index contributed by atoms with van der Waals surface area (Å²) in [5.41, 5.74) is 2.47. The lowest BCUT2D eigenvalue weighted by atomic mass is 10.1. The Labute approximate surface area is 110 Å². The Morgan fingerprint density at radius 1 is 1.28 bits per heavy atom.